The summed E-state index contributed by atoms with van der Waals surface area (Å²) in [6.45, 7) is 2.39. The molecule has 1 atom stereocenters. The summed E-state index contributed by atoms with van der Waals surface area (Å²) < 4.78 is 50.6. The SMILES string of the molecule is CCOc1ccc(C(=O)NNC(=O)[C@H]2CCCN2S(=O)(=O)c2ccc(F)cc2)cc1OC. The lowest BCUT2D eigenvalue weighted by Crippen LogP contribution is -2.51. The Kier molecular flexibility index (Phi) is 7.31. The van der Waals surface area contributed by atoms with Gasteiger partial charge in [-0.05, 0) is 62.2 Å². The van der Waals surface area contributed by atoms with Gasteiger partial charge in [-0.15, -0.1) is 0 Å². The number of carbonyl (C=O) groups is 2. The van der Waals surface area contributed by atoms with Crippen LogP contribution in [0, 0.1) is 5.82 Å². The van der Waals surface area contributed by atoms with Gasteiger partial charge in [0, 0.05) is 12.1 Å². The van der Waals surface area contributed by atoms with Gasteiger partial charge in [-0.1, -0.05) is 0 Å². The zero-order valence-corrected chi connectivity index (χ0v) is 18.4. The molecule has 1 heterocycles. The van der Waals surface area contributed by atoms with E-state index in [9.17, 15) is 22.4 Å². The van der Waals surface area contributed by atoms with E-state index in [2.05, 4.69) is 10.9 Å². The monoisotopic (exact) mass is 465 g/mol. The van der Waals surface area contributed by atoms with E-state index in [-0.39, 0.29) is 17.0 Å². The van der Waals surface area contributed by atoms with Crippen molar-refractivity contribution in [3.05, 3.63) is 53.8 Å². The molecule has 1 aliphatic rings. The van der Waals surface area contributed by atoms with Gasteiger partial charge in [-0.2, -0.15) is 4.31 Å². The Morgan fingerprint density at radius 2 is 1.84 bits per heavy atom. The summed E-state index contributed by atoms with van der Waals surface area (Å²) in [4.78, 5) is 25.0. The number of rotatable bonds is 7. The van der Waals surface area contributed by atoms with Crippen molar-refractivity contribution in [2.24, 2.45) is 0 Å². The maximum Gasteiger partial charge on any atom is 0.269 e. The standard InChI is InChI=1S/C21H24FN3O6S/c1-3-31-18-11-6-14(13-19(18)30-2)20(26)23-24-21(27)17-5-4-12-25(17)32(28,29)16-9-7-15(22)8-10-16/h6-11,13,17H,3-5,12H2,1-2H3,(H,23,26)(H,24,27)/t17-/m1/s1. The second kappa shape index (κ2) is 9.96. The summed E-state index contributed by atoms with van der Waals surface area (Å²) in [7, 11) is -2.55. The number of amides is 2. The molecule has 1 saturated heterocycles. The van der Waals surface area contributed by atoms with Crippen LogP contribution in [0.2, 0.25) is 0 Å². The number of nitrogens with one attached hydrogen (secondary N) is 2. The summed E-state index contributed by atoms with van der Waals surface area (Å²) >= 11 is 0. The molecule has 0 bridgehead atoms. The second-order valence-corrected chi connectivity index (χ2v) is 8.86. The van der Waals surface area contributed by atoms with Crippen molar-refractivity contribution in [1.82, 2.24) is 15.2 Å². The summed E-state index contributed by atoms with van der Waals surface area (Å²) in [6.07, 6.45) is 0.765. The molecular formula is C21H24FN3O6S. The minimum Gasteiger partial charge on any atom is -0.493 e. The number of sulfonamides is 1. The van der Waals surface area contributed by atoms with Crippen LogP contribution in [0.3, 0.4) is 0 Å². The van der Waals surface area contributed by atoms with Gasteiger partial charge in [0.25, 0.3) is 11.8 Å². The number of hydrogen-bond donors (Lipinski definition) is 2. The number of methoxy groups -OCH3 is 1. The Balaban J connectivity index is 1.67. The quantitative estimate of drug-likeness (QED) is 0.604. The van der Waals surface area contributed by atoms with E-state index >= 15 is 0 Å². The molecule has 172 valence electrons. The van der Waals surface area contributed by atoms with Crippen LogP contribution in [0.25, 0.3) is 0 Å². The van der Waals surface area contributed by atoms with Crippen molar-refractivity contribution in [1.29, 1.82) is 0 Å². The summed E-state index contributed by atoms with van der Waals surface area (Å²) in [5.74, 6) is -1.00. The first kappa shape index (κ1) is 23.5. The normalized spacial score (nSPS) is 16.4. The third-order valence-electron chi connectivity index (χ3n) is 4.95. The molecule has 0 spiro atoms. The number of halogens is 1. The van der Waals surface area contributed by atoms with Crippen LogP contribution in [0.1, 0.15) is 30.1 Å². The molecule has 0 radical (unpaired) electrons. The number of ether oxygens (including phenoxy) is 2. The fourth-order valence-electron chi connectivity index (χ4n) is 3.39. The zero-order valence-electron chi connectivity index (χ0n) is 17.6. The van der Waals surface area contributed by atoms with Crippen LogP contribution in [0.15, 0.2) is 47.4 Å². The first-order chi connectivity index (χ1) is 15.3. The average Bonchev–Trinajstić information content (AvgIpc) is 3.29. The predicted octanol–water partition coefficient (Wildman–Crippen LogP) is 1.85. The molecule has 0 aliphatic carbocycles. The van der Waals surface area contributed by atoms with Gasteiger partial charge in [0.15, 0.2) is 11.5 Å². The molecule has 32 heavy (non-hydrogen) atoms. The van der Waals surface area contributed by atoms with Crippen molar-refractivity contribution in [2.75, 3.05) is 20.3 Å². The van der Waals surface area contributed by atoms with Crippen LogP contribution in [0.5, 0.6) is 11.5 Å². The molecule has 1 fully saturated rings. The van der Waals surface area contributed by atoms with Crippen LogP contribution >= 0.6 is 0 Å². The van der Waals surface area contributed by atoms with Crippen LogP contribution in [-0.4, -0.2) is 50.8 Å². The number of hydrogen-bond acceptors (Lipinski definition) is 6. The molecule has 2 amide bonds. The summed E-state index contributed by atoms with van der Waals surface area (Å²) in [5.41, 5.74) is 4.79. The van der Waals surface area contributed by atoms with Crippen molar-refractivity contribution < 1.29 is 31.9 Å². The topological polar surface area (TPSA) is 114 Å². The van der Waals surface area contributed by atoms with Gasteiger partial charge in [0.05, 0.1) is 18.6 Å². The van der Waals surface area contributed by atoms with E-state index in [0.29, 0.717) is 30.9 Å². The Morgan fingerprint density at radius 3 is 2.50 bits per heavy atom. The Hall–Kier alpha value is -3.18. The highest BCUT2D eigenvalue weighted by atomic mass is 32.2. The van der Waals surface area contributed by atoms with E-state index in [0.717, 1.165) is 28.6 Å². The lowest BCUT2D eigenvalue weighted by Gasteiger charge is -2.23. The average molecular weight is 466 g/mol. The van der Waals surface area contributed by atoms with Gasteiger partial charge in [0.2, 0.25) is 10.0 Å². The highest BCUT2D eigenvalue weighted by Gasteiger charge is 2.39. The number of hydrazine groups is 1. The van der Waals surface area contributed by atoms with Crippen LogP contribution in [0.4, 0.5) is 4.39 Å². The van der Waals surface area contributed by atoms with Gasteiger partial charge in [-0.3, -0.25) is 20.4 Å². The fourth-order valence-corrected chi connectivity index (χ4v) is 5.05. The molecular weight excluding hydrogens is 441 g/mol. The first-order valence-electron chi connectivity index (χ1n) is 9.96. The zero-order chi connectivity index (χ0) is 23.3. The summed E-state index contributed by atoms with van der Waals surface area (Å²) in [5, 5.41) is 0. The van der Waals surface area contributed by atoms with E-state index in [1.807, 2.05) is 6.92 Å². The molecule has 1 aliphatic heterocycles. The molecule has 0 unspecified atom stereocenters. The molecule has 2 aromatic carbocycles. The summed E-state index contributed by atoms with van der Waals surface area (Å²) in [6, 6.07) is 7.95. The number of carbonyl (C=O) groups excluding carboxylic acids is 2. The number of nitrogens with zero attached hydrogens (tertiary/aromatic N) is 1. The van der Waals surface area contributed by atoms with E-state index in [1.54, 1.807) is 6.07 Å². The van der Waals surface area contributed by atoms with Crippen LogP contribution < -0.4 is 20.3 Å². The van der Waals surface area contributed by atoms with E-state index in [4.69, 9.17) is 9.47 Å². The molecule has 2 N–H and O–H groups in total. The molecule has 2 aromatic rings. The van der Waals surface area contributed by atoms with E-state index < -0.39 is 33.7 Å². The van der Waals surface area contributed by atoms with Crippen molar-refractivity contribution in [3.8, 4) is 11.5 Å². The fraction of sp³-hybridized carbons (Fsp3) is 0.333. The largest absolute Gasteiger partial charge is 0.493 e. The van der Waals surface area contributed by atoms with Crippen molar-refractivity contribution in [2.45, 2.75) is 30.7 Å². The molecule has 11 heteroatoms. The van der Waals surface area contributed by atoms with Crippen molar-refractivity contribution in [3.63, 3.8) is 0 Å². The molecule has 3 rings (SSSR count). The number of benzene rings is 2. The van der Waals surface area contributed by atoms with Gasteiger partial charge < -0.3 is 9.47 Å². The molecule has 9 nitrogen and oxygen atoms in total. The van der Waals surface area contributed by atoms with Gasteiger partial charge >= 0.3 is 0 Å². The second-order valence-electron chi connectivity index (χ2n) is 6.97. The Morgan fingerprint density at radius 1 is 1.12 bits per heavy atom. The molecule has 0 saturated carbocycles. The first-order valence-corrected chi connectivity index (χ1v) is 11.4. The minimum absolute atomic E-state index is 0.107. The third-order valence-corrected chi connectivity index (χ3v) is 6.87. The van der Waals surface area contributed by atoms with Gasteiger partial charge in [0.1, 0.15) is 11.9 Å². The van der Waals surface area contributed by atoms with Crippen LogP contribution in [-0.2, 0) is 14.8 Å². The third kappa shape index (κ3) is 5.00. The maximum atomic E-state index is 13.2. The Bertz CT molecular complexity index is 1090. The smallest absolute Gasteiger partial charge is 0.269 e. The minimum atomic E-state index is -4.00. The highest BCUT2D eigenvalue weighted by molar-refractivity contribution is 7.89. The Labute approximate surface area is 185 Å². The molecule has 0 aromatic heterocycles. The maximum absolute atomic E-state index is 13.2. The highest BCUT2D eigenvalue weighted by Crippen LogP contribution is 2.28. The lowest BCUT2D eigenvalue weighted by atomic mass is 10.2. The predicted molar refractivity (Wildman–Crippen MR) is 113 cm³/mol. The van der Waals surface area contributed by atoms with E-state index in [1.165, 1.54) is 19.2 Å². The lowest BCUT2D eigenvalue weighted by molar-refractivity contribution is -0.125. The van der Waals surface area contributed by atoms with Crippen molar-refractivity contribution >= 4 is 21.8 Å². The van der Waals surface area contributed by atoms with Gasteiger partial charge in [-0.25, -0.2) is 12.8 Å².